The highest BCUT2D eigenvalue weighted by atomic mass is 16.3. The van der Waals surface area contributed by atoms with Gasteiger partial charge in [0.05, 0.1) is 31.3 Å². The summed E-state index contributed by atoms with van der Waals surface area (Å²) in [5, 5.41) is 32.6. The molecule has 0 aromatic carbocycles. The number of allylic oxidation sites excluding steroid dienone is 6. The molecule has 0 aliphatic carbocycles. The van der Waals surface area contributed by atoms with Crippen LogP contribution in [0.15, 0.2) is 48.6 Å². The Kier molecular flexibility index (Phi) is 27.1. The minimum atomic E-state index is -0.972. The second-order valence-electron chi connectivity index (χ2n) is 10.3. The maximum Gasteiger partial charge on any atom is 0.223 e. The Bertz CT molecular complexity index is 641. The molecule has 0 saturated heterocycles. The molecule has 0 bridgehead atoms. The molecule has 3 unspecified atom stereocenters. The number of aliphatic hydroxyl groups is 3. The first kappa shape index (κ1) is 36.3. The Balaban J connectivity index is 4.01. The van der Waals surface area contributed by atoms with Crippen LogP contribution in [0.4, 0.5) is 0 Å². The molecule has 220 valence electrons. The Labute approximate surface area is 234 Å². The van der Waals surface area contributed by atoms with Crippen LogP contribution in [0, 0.1) is 0 Å². The SMILES string of the molecule is CCCCCCCC/C=C\C/C=C\C(O)CC(=O)NC(CO)C(O)/C=C/CC/C=C/CCCCCCCC. The van der Waals surface area contributed by atoms with E-state index >= 15 is 0 Å². The Morgan fingerprint density at radius 3 is 1.79 bits per heavy atom. The highest BCUT2D eigenvalue weighted by Crippen LogP contribution is 2.09. The van der Waals surface area contributed by atoms with Crippen LogP contribution in [0.2, 0.25) is 0 Å². The topological polar surface area (TPSA) is 89.8 Å². The van der Waals surface area contributed by atoms with Crippen molar-refractivity contribution in [3.05, 3.63) is 48.6 Å². The lowest BCUT2D eigenvalue weighted by Gasteiger charge is -2.20. The highest BCUT2D eigenvalue weighted by Gasteiger charge is 2.19. The molecule has 0 spiro atoms. The molecular weight excluding hydrogens is 474 g/mol. The lowest BCUT2D eigenvalue weighted by Crippen LogP contribution is -2.45. The first-order valence-electron chi connectivity index (χ1n) is 15.4. The first-order valence-corrected chi connectivity index (χ1v) is 15.4. The van der Waals surface area contributed by atoms with Gasteiger partial charge in [0.1, 0.15) is 0 Å². The van der Waals surface area contributed by atoms with Gasteiger partial charge in [-0.15, -0.1) is 0 Å². The van der Waals surface area contributed by atoms with E-state index < -0.39 is 24.2 Å². The van der Waals surface area contributed by atoms with Crippen molar-refractivity contribution in [2.75, 3.05) is 6.61 Å². The van der Waals surface area contributed by atoms with Crippen LogP contribution in [0.25, 0.3) is 0 Å². The second kappa shape index (κ2) is 28.3. The smallest absolute Gasteiger partial charge is 0.223 e. The summed E-state index contributed by atoms with van der Waals surface area (Å²) in [6.07, 6.45) is 33.9. The fourth-order valence-corrected chi connectivity index (χ4v) is 4.17. The lowest BCUT2D eigenvalue weighted by molar-refractivity contribution is -0.124. The zero-order valence-corrected chi connectivity index (χ0v) is 24.5. The summed E-state index contributed by atoms with van der Waals surface area (Å²) >= 11 is 0. The summed E-state index contributed by atoms with van der Waals surface area (Å²) in [4.78, 5) is 12.2. The second-order valence-corrected chi connectivity index (χ2v) is 10.3. The summed E-state index contributed by atoms with van der Waals surface area (Å²) < 4.78 is 0. The molecule has 38 heavy (non-hydrogen) atoms. The number of aliphatic hydroxyl groups excluding tert-OH is 3. The number of carbonyl (C=O) groups is 1. The number of unbranched alkanes of at least 4 members (excludes halogenated alkanes) is 13. The molecule has 0 aliphatic heterocycles. The third kappa shape index (κ3) is 24.6. The summed E-state index contributed by atoms with van der Waals surface area (Å²) in [7, 11) is 0. The minimum absolute atomic E-state index is 0.103. The Morgan fingerprint density at radius 2 is 1.18 bits per heavy atom. The van der Waals surface area contributed by atoms with E-state index in [1.807, 2.05) is 12.2 Å². The Hall–Kier alpha value is -1.69. The van der Waals surface area contributed by atoms with Crippen LogP contribution in [-0.4, -0.2) is 46.1 Å². The molecular formula is C33H59NO4. The summed E-state index contributed by atoms with van der Waals surface area (Å²) in [5.74, 6) is -0.398. The highest BCUT2D eigenvalue weighted by molar-refractivity contribution is 5.77. The number of hydrogen-bond acceptors (Lipinski definition) is 4. The molecule has 1 amide bonds. The third-order valence-electron chi connectivity index (χ3n) is 6.60. The number of hydrogen-bond donors (Lipinski definition) is 4. The van der Waals surface area contributed by atoms with Crippen molar-refractivity contribution >= 4 is 5.91 Å². The van der Waals surface area contributed by atoms with Crippen LogP contribution < -0.4 is 5.32 Å². The van der Waals surface area contributed by atoms with Gasteiger partial charge in [0, 0.05) is 0 Å². The van der Waals surface area contributed by atoms with E-state index in [1.54, 1.807) is 12.2 Å². The predicted molar refractivity (Wildman–Crippen MR) is 162 cm³/mol. The molecule has 5 heteroatoms. The summed E-state index contributed by atoms with van der Waals surface area (Å²) in [6.45, 7) is 4.09. The zero-order valence-electron chi connectivity index (χ0n) is 24.5. The van der Waals surface area contributed by atoms with E-state index in [4.69, 9.17) is 0 Å². The van der Waals surface area contributed by atoms with Crippen molar-refractivity contribution in [3.8, 4) is 0 Å². The van der Waals surface area contributed by atoms with Gasteiger partial charge in [0.15, 0.2) is 0 Å². The van der Waals surface area contributed by atoms with Gasteiger partial charge in [-0.1, -0.05) is 127 Å². The van der Waals surface area contributed by atoms with Crippen LogP contribution in [0.5, 0.6) is 0 Å². The standard InChI is InChI=1S/C33H59NO4/c1-3-5-7-9-11-13-15-17-19-21-23-25-27-32(37)31(29-35)34-33(38)28-30(36)26-24-22-20-18-16-14-12-10-8-6-4-2/h17-20,24-27,30-32,35-37H,3-16,21-23,28-29H2,1-2H3,(H,34,38)/b19-17+,20-18-,26-24-,27-25+. The van der Waals surface area contributed by atoms with Gasteiger partial charge in [-0.3, -0.25) is 4.79 Å². The average Bonchev–Trinajstić information content (AvgIpc) is 2.90. The molecule has 0 rings (SSSR count). The van der Waals surface area contributed by atoms with Gasteiger partial charge in [-0.25, -0.2) is 0 Å². The molecule has 0 aromatic rings. The molecule has 5 nitrogen and oxygen atoms in total. The summed E-state index contributed by atoms with van der Waals surface area (Å²) in [6, 6.07) is -0.789. The minimum Gasteiger partial charge on any atom is -0.394 e. The Morgan fingerprint density at radius 1 is 0.658 bits per heavy atom. The zero-order chi connectivity index (χ0) is 28.1. The molecule has 0 saturated carbocycles. The number of amides is 1. The van der Waals surface area contributed by atoms with Crippen LogP contribution in [0.1, 0.15) is 129 Å². The average molecular weight is 534 g/mol. The van der Waals surface area contributed by atoms with Crippen molar-refractivity contribution in [1.29, 1.82) is 0 Å². The van der Waals surface area contributed by atoms with Crippen molar-refractivity contribution in [2.45, 2.75) is 148 Å². The number of carbonyl (C=O) groups excluding carboxylic acids is 1. The van der Waals surface area contributed by atoms with Crippen molar-refractivity contribution < 1.29 is 20.1 Å². The molecule has 0 aromatic heterocycles. The van der Waals surface area contributed by atoms with E-state index in [9.17, 15) is 20.1 Å². The predicted octanol–water partition coefficient (Wildman–Crippen LogP) is 7.47. The molecule has 0 aliphatic rings. The first-order chi connectivity index (χ1) is 18.5. The molecule has 4 N–H and O–H groups in total. The number of nitrogens with one attached hydrogen (secondary N) is 1. The van der Waals surface area contributed by atoms with E-state index in [-0.39, 0.29) is 13.0 Å². The molecule has 0 radical (unpaired) electrons. The van der Waals surface area contributed by atoms with Gasteiger partial charge >= 0.3 is 0 Å². The van der Waals surface area contributed by atoms with Gasteiger partial charge in [-0.2, -0.15) is 0 Å². The van der Waals surface area contributed by atoms with Gasteiger partial charge < -0.3 is 20.6 Å². The van der Waals surface area contributed by atoms with Crippen molar-refractivity contribution in [2.24, 2.45) is 0 Å². The number of rotatable bonds is 26. The van der Waals surface area contributed by atoms with Crippen LogP contribution in [0.3, 0.4) is 0 Å². The lowest BCUT2D eigenvalue weighted by atomic mass is 10.1. The van der Waals surface area contributed by atoms with Gasteiger partial charge in [0.2, 0.25) is 5.91 Å². The fourth-order valence-electron chi connectivity index (χ4n) is 4.17. The maximum absolute atomic E-state index is 12.2. The molecule has 0 fully saturated rings. The van der Waals surface area contributed by atoms with Crippen molar-refractivity contribution in [3.63, 3.8) is 0 Å². The summed E-state index contributed by atoms with van der Waals surface area (Å²) in [5.41, 5.74) is 0. The normalized spacial score (nSPS) is 14.8. The third-order valence-corrected chi connectivity index (χ3v) is 6.60. The van der Waals surface area contributed by atoms with E-state index in [0.29, 0.717) is 0 Å². The molecule has 3 atom stereocenters. The van der Waals surface area contributed by atoms with Gasteiger partial charge in [0.25, 0.3) is 0 Å². The van der Waals surface area contributed by atoms with E-state index in [1.165, 1.54) is 77.0 Å². The quantitative estimate of drug-likeness (QED) is 0.0686. The van der Waals surface area contributed by atoms with E-state index in [2.05, 4.69) is 43.5 Å². The largest absolute Gasteiger partial charge is 0.394 e. The van der Waals surface area contributed by atoms with Crippen LogP contribution in [-0.2, 0) is 4.79 Å². The molecule has 0 heterocycles. The maximum atomic E-state index is 12.2. The van der Waals surface area contributed by atoms with Crippen LogP contribution >= 0.6 is 0 Å². The van der Waals surface area contributed by atoms with Crippen molar-refractivity contribution in [1.82, 2.24) is 5.32 Å². The van der Waals surface area contributed by atoms with E-state index in [0.717, 1.165) is 32.1 Å². The monoisotopic (exact) mass is 533 g/mol. The fraction of sp³-hybridized carbons (Fsp3) is 0.727. The van der Waals surface area contributed by atoms with Gasteiger partial charge in [-0.05, 0) is 44.9 Å².